The van der Waals surface area contributed by atoms with Crippen LogP contribution >= 0.6 is 12.2 Å². The fourth-order valence-electron chi connectivity index (χ4n) is 4.55. The van der Waals surface area contributed by atoms with Gasteiger partial charge in [-0.1, -0.05) is 6.92 Å². The van der Waals surface area contributed by atoms with E-state index in [0.717, 1.165) is 24.2 Å². The smallest absolute Gasteiger partial charge is 0.265 e. The molecule has 2 heterocycles. The number of carbonyl (C=O) groups excluding carboxylic acids is 2. The number of hydrogen-bond acceptors (Lipinski definition) is 5. The number of thiocarbonyl (C=S) groups is 1. The van der Waals surface area contributed by atoms with E-state index in [2.05, 4.69) is 38.7 Å². The lowest BCUT2D eigenvalue weighted by molar-refractivity contribution is -0.132. The van der Waals surface area contributed by atoms with Crippen molar-refractivity contribution in [3.05, 3.63) is 28.8 Å². The van der Waals surface area contributed by atoms with Gasteiger partial charge in [-0.3, -0.25) is 19.4 Å². The predicted octanol–water partition coefficient (Wildman–Crippen LogP) is 3.41. The number of nitrogens with zero attached hydrogens (tertiary/aromatic N) is 3. The Morgan fingerprint density at radius 1 is 1.21 bits per heavy atom. The molecule has 1 fully saturated rings. The van der Waals surface area contributed by atoms with E-state index < -0.39 is 11.8 Å². The number of carbonyl (C=O) groups is 2. The summed E-state index contributed by atoms with van der Waals surface area (Å²) in [6.07, 6.45) is 2.65. The van der Waals surface area contributed by atoms with Crippen molar-refractivity contribution in [3.8, 4) is 5.75 Å². The maximum absolute atomic E-state index is 12.7. The monoisotopic (exact) mass is 415 g/mol. The highest BCUT2D eigenvalue weighted by Crippen LogP contribution is 2.46. The van der Waals surface area contributed by atoms with E-state index in [4.69, 9.17) is 17.0 Å². The maximum atomic E-state index is 12.7. The molecule has 1 aromatic rings. The van der Waals surface area contributed by atoms with Crippen LogP contribution in [-0.2, 0) is 9.59 Å². The van der Waals surface area contributed by atoms with Crippen molar-refractivity contribution >= 4 is 40.9 Å². The molecule has 0 saturated carbocycles. The van der Waals surface area contributed by atoms with Crippen LogP contribution in [0, 0.1) is 0 Å². The van der Waals surface area contributed by atoms with Gasteiger partial charge in [-0.2, -0.15) is 0 Å². The van der Waals surface area contributed by atoms with E-state index in [-0.39, 0.29) is 16.2 Å². The van der Waals surface area contributed by atoms with Crippen LogP contribution in [0.5, 0.6) is 5.75 Å². The molecule has 0 bridgehead atoms. The van der Waals surface area contributed by atoms with Gasteiger partial charge in [0, 0.05) is 43.5 Å². The first-order valence-electron chi connectivity index (χ1n) is 9.84. The quantitative estimate of drug-likeness (QED) is 0.430. The van der Waals surface area contributed by atoms with Crippen molar-refractivity contribution < 1.29 is 14.3 Å². The Labute approximate surface area is 178 Å². The molecule has 2 aliphatic heterocycles. The maximum Gasteiger partial charge on any atom is 0.265 e. The van der Waals surface area contributed by atoms with Crippen LogP contribution in [-0.4, -0.2) is 60.0 Å². The summed E-state index contributed by atoms with van der Waals surface area (Å²) in [5.41, 5.74) is 3.19. The van der Waals surface area contributed by atoms with Crippen molar-refractivity contribution in [2.45, 2.75) is 45.6 Å². The molecule has 7 heteroatoms. The average Bonchev–Trinajstić information content (AvgIpc) is 2.67. The summed E-state index contributed by atoms with van der Waals surface area (Å²) in [7, 11) is 4.76. The number of methoxy groups -OCH3 is 1. The molecule has 0 aliphatic carbocycles. The minimum Gasteiger partial charge on any atom is -0.496 e. The number of likely N-dealkylation sites (N-methyl/N-ethyl adjacent to an activating group) is 2. The highest BCUT2D eigenvalue weighted by atomic mass is 32.1. The molecule has 3 rings (SSSR count). The fraction of sp³-hybridized carbons (Fsp3) is 0.500. The molecule has 0 aromatic heterocycles. The molecular weight excluding hydrogens is 386 g/mol. The van der Waals surface area contributed by atoms with Crippen LogP contribution in [0.2, 0.25) is 0 Å². The molecule has 1 unspecified atom stereocenters. The molecule has 156 valence electrons. The topological polar surface area (TPSA) is 53.1 Å². The van der Waals surface area contributed by atoms with Crippen LogP contribution in [0.15, 0.2) is 17.7 Å². The number of anilines is 1. The molecule has 1 atom stereocenters. The van der Waals surface area contributed by atoms with Gasteiger partial charge in [0.05, 0.1) is 7.11 Å². The number of hydrogen-bond donors (Lipinski definition) is 0. The minimum absolute atomic E-state index is 0.0442. The number of amides is 2. The fourth-order valence-corrected chi connectivity index (χ4v) is 4.71. The second-order valence-electron chi connectivity index (χ2n) is 8.38. The number of ether oxygens (including phenoxy) is 1. The largest absolute Gasteiger partial charge is 0.496 e. The van der Waals surface area contributed by atoms with Crippen molar-refractivity contribution in [3.63, 3.8) is 0 Å². The van der Waals surface area contributed by atoms with E-state index in [9.17, 15) is 9.59 Å². The SMILES string of the molecule is CCN1c2cc(OC)c(C=C3C(=O)N(C)C(=S)N(C)C3=O)cc2C(C)CC1(C)C. The third-order valence-corrected chi connectivity index (χ3v) is 6.54. The van der Waals surface area contributed by atoms with Crippen molar-refractivity contribution in [2.24, 2.45) is 0 Å². The summed E-state index contributed by atoms with van der Waals surface area (Å²) < 4.78 is 5.65. The molecule has 1 aromatic carbocycles. The summed E-state index contributed by atoms with van der Waals surface area (Å²) >= 11 is 5.17. The van der Waals surface area contributed by atoms with Gasteiger partial charge in [-0.15, -0.1) is 0 Å². The molecule has 1 saturated heterocycles. The number of rotatable bonds is 3. The van der Waals surface area contributed by atoms with Gasteiger partial charge >= 0.3 is 0 Å². The van der Waals surface area contributed by atoms with Crippen LogP contribution in [0.1, 0.15) is 51.2 Å². The zero-order chi connectivity index (χ0) is 21.7. The Morgan fingerprint density at radius 3 is 2.31 bits per heavy atom. The summed E-state index contributed by atoms with van der Waals surface area (Å²) in [6, 6.07) is 4.08. The Hall–Kier alpha value is -2.41. The molecular formula is C22H29N3O3S. The molecule has 0 spiro atoms. The summed E-state index contributed by atoms with van der Waals surface area (Å²) in [4.78, 5) is 30.4. The van der Waals surface area contributed by atoms with Crippen LogP contribution in [0.4, 0.5) is 5.69 Å². The Morgan fingerprint density at radius 2 is 1.79 bits per heavy atom. The first-order chi connectivity index (χ1) is 13.5. The third-order valence-electron chi connectivity index (χ3n) is 6.00. The van der Waals surface area contributed by atoms with Crippen LogP contribution < -0.4 is 9.64 Å². The Kier molecular flexibility index (Phi) is 5.47. The van der Waals surface area contributed by atoms with Gasteiger partial charge < -0.3 is 9.64 Å². The standard InChI is InChI=1S/C22H29N3O3S/c1-8-25-17-11-18(28-7)14(9-15(17)13(2)12-22(25,3)4)10-16-19(26)23(5)21(29)24(6)20(16)27/h9-11,13H,8,12H2,1-7H3. The second kappa shape index (κ2) is 7.44. The molecule has 29 heavy (non-hydrogen) atoms. The third kappa shape index (κ3) is 3.41. The molecule has 0 radical (unpaired) electrons. The highest BCUT2D eigenvalue weighted by molar-refractivity contribution is 7.80. The number of fused-ring (bicyclic) bond motifs is 1. The zero-order valence-electron chi connectivity index (χ0n) is 18.2. The highest BCUT2D eigenvalue weighted by Gasteiger charge is 2.38. The van der Waals surface area contributed by atoms with Gasteiger partial charge in [0.25, 0.3) is 11.8 Å². The predicted molar refractivity (Wildman–Crippen MR) is 119 cm³/mol. The lowest BCUT2D eigenvalue weighted by Gasteiger charge is -2.47. The van der Waals surface area contributed by atoms with Crippen molar-refractivity contribution in [2.75, 3.05) is 32.6 Å². The molecule has 6 nitrogen and oxygen atoms in total. The lowest BCUT2D eigenvalue weighted by Crippen LogP contribution is -2.52. The van der Waals surface area contributed by atoms with Crippen LogP contribution in [0.25, 0.3) is 6.08 Å². The molecule has 0 N–H and O–H groups in total. The summed E-state index contributed by atoms with van der Waals surface area (Å²) in [5, 5.41) is 0.198. The Bertz CT molecular complexity index is 896. The summed E-state index contributed by atoms with van der Waals surface area (Å²) in [6.45, 7) is 9.77. The normalized spacial score (nSPS) is 21.5. The van der Waals surface area contributed by atoms with E-state index in [1.165, 1.54) is 15.4 Å². The average molecular weight is 416 g/mol. The molecule has 2 aliphatic rings. The van der Waals surface area contributed by atoms with E-state index in [1.54, 1.807) is 27.3 Å². The summed E-state index contributed by atoms with van der Waals surface area (Å²) in [5.74, 6) is 0.185. The first kappa shape index (κ1) is 21.3. The van der Waals surface area contributed by atoms with Crippen molar-refractivity contribution in [1.82, 2.24) is 9.80 Å². The van der Waals surface area contributed by atoms with E-state index in [1.807, 2.05) is 6.07 Å². The minimum atomic E-state index is -0.401. The zero-order valence-corrected chi connectivity index (χ0v) is 19.0. The van der Waals surface area contributed by atoms with Gasteiger partial charge in [0.15, 0.2) is 5.11 Å². The van der Waals surface area contributed by atoms with Gasteiger partial charge in [0.1, 0.15) is 11.3 Å². The first-order valence-corrected chi connectivity index (χ1v) is 10.3. The lowest BCUT2D eigenvalue weighted by atomic mass is 9.79. The van der Waals surface area contributed by atoms with Crippen molar-refractivity contribution in [1.29, 1.82) is 0 Å². The van der Waals surface area contributed by atoms with Crippen LogP contribution in [0.3, 0.4) is 0 Å². The van der Waals surface area contributed by atoms with Gasteiger partial charge in [-0.05, 0) is 63.0 Å². The molecule has 2 amide bonds. The number of benzene rings is 1. The Balaban J connectivity index is 2.16. The van der Waals surface area contributed by atoms with E-state index >= 15 is 0 Å². The van der Waals surface area contributed by atoms with Gasteiger partial charge in [0.2, 0.25) is 0 Å². The van der Waals surface area contributed by atoms with Gasteiger partial charge in [-0.25, -0.2) is 0 Å². The second-order valence-corrected chi connectivity index (χ2v) is 8.75. The van der Waals surface area contributed by atoms with E-state index in [0.29, 0.717) is 11.7 Å².